The molecule has 2 heterocycles. The largest absolute Gasteiger partial charge is 0.346 e. The van der Waals surface area contributed by atoms with Crippen LogP contribution in [-0.2, 0) is 13.0 Å². The molecule has 1 aliphatic carbocycles. The van der Waals surface area contributed by atoms with Gasteiger partial charge in [-0.05, 0) is 69.6 Å². The molecule has 2 aromatic rings. The minimum atomic E-state index is -0.260. The molecule has 1 aliphatic heterocycles. The van der Waals surface area contributed by atoms with E-state index in [0.29, 0.717) is 5.69 Å². The lowest BCUT2D eigenvalue weighted by molar-refractivity contribution is 0.0905. The number of hydrogen-bond acceptors (Lipinski definition) is 4. The Morgan fingerprint density at radius 1 is 1.32 bits per heavy atom. The van der Waals surface area contributed by atoms with E-state index in [9.17, 15) is 4.79 Å². The van der Waals surface area contributed by atoms with Gasteiger partial charge in [-0.25, -0.2) is 4.68 Å². The first-order valence-corrected chi connectivity index (χ1v) is 10.5. The molecular weight excluding hydrogens is 350 g/mol. The molecule has 4 rings (SSSR count). The first kappa shape index (κ1) is 19.1. The fourth-order valence-corrected chi connectivity index (χ4v) is 3.89. The van der Waals surface area contributed by atoms with Gasteiger partial charge in [0.05, 0.1) is 11.4 Å². The number of carbonyl (C=O) groups is 1. The van der Waals surface area contributed by atoms with Crippen LogP contribution in [0.4, 0.5) is 0 Å². The van der Waals surface area contributed by atoms with Gasteiger partial charge in [-0.1, -0.05) is 24.3 Å². The molecule has 0 atom stereocenters. The van der Waals surface area contributed by atoms with Crippen molar-refractivity contribution in [1.29, 1.82) is 0 Å². The number of rotatable bonds is 6. The topological polar surface area (TPSA) is 63.1 Å². The highest BCUT2D eigenvalue weighted by Crippen LogP contribution is 2.32. The zero-order chi connectivity index (χ0) is 19.9. The molecule has 6 nitrogen and oxygen atoms in total. The third kappa shape index (κ3) is 3.83. The van der Waals surface area contributed by atoms with Crippen molar-refractivity contribution in [2.45, 2.75) is 65.5 Å². The molecule has 2 aliphatic rings. The zero-order valence-electron chi connectivity index (χ0n) is 17.5. The highest BCUT2D eigenvalue weighted by Gasteiger charge is 2.28. The van der Waals surface area contributed by atoms with Crippen molar-refractivity contribution in [3.05, 3.63) is 40.7 Å². The van der Waals surface area contributed by atoms with Gasteiger partial charge in [-0.3, -0.25) is 9.69 Å². The van der Waals surface area contributed by atoms with Gasteiger partial charge in [0.2, 0.25) is 0 Å². The molecule has 0 bridgehead atoms. The molecule has 1 aromatic heterocycles. The minimum absolute atomic E-state index is 0.156. The molecule has 0 radical (unpaired) electrons. The van der Waals surface area contributed by atoms with Crippen molar-refractivity contribution >= 4 is 5.91 Å². The molecule has 150 valence electrons. The van der Waals surface area contributed by atoms with Gasteiger partial charge >= 0.3 is 0 Å². The fraction of sp³-hybridized carbons (Fsp3) is 0.591. The van der Waals surface area contributed by atoms with Crippen LogP contribution in [-0.4, -0.2) is 44.4 Å². The number of benzene rings is 1. The molecule has 1 aromatic carbocycles. The lowest BCUT2D eigenvalue weighted by Gasteiger charge is -2.30. The molecule has 1 saturated carbocycles. The van der Waals surface area contributed by atoms with E-state index in [1.165, 1.54) is 30.5 Å². The van der Waals surface area contributed by atoms with Crippen LogP contribution in [0, 0.1) is 12.8 Å². The Labute approximate surface area is 167 Å². The number of nitrogens with one attached hydrogen (secondary N) is 1. The Bertz CT molecular complexity index is 881. The lowest BCUT2D eigenvalue weighted by atomic mass is 9.97. The molecule has 0 saturated heterocycles. The van der Waals surface area contributed by atoms with Crippen molar-refractivity contribution in [2.24, 2.45) is 5.92 Å². The predicted octanol–water partition coefficient (Wildman–Crippen LogP) is 3.26. The molecule has 6 heteroatoms. The highest BCUT2D eigenvalue weighted by molar-refractivity contribution is 5.93. The second kappa shape index (κ2) is 7.32. The van der Waals surface area contributed by atoms with E-state index in [0.717, 1.165) is 43.2 Å². The van der Waals surface area contributed by atoms with E-state index in [1.54, 1.807) is 0 Å². The summed E-state index contributed by atoms with van der Waals surface area (Å²) in [6.07, 6.45) is 4.65. The molecule has 28 heavy (non-hydrogen) atoms. The quantitative estimate of drug-likeness (QED) is 0.834. The van der Waals surface area contributed by atoms with E-state index in [2.05, 4.69) is 45.7 Å². The van der Waals surface area contributed by atoms with E-state index in [4.69, 9.17) is 0 Å². The molecule has 1 N–H and O–H groups in total. The predicted molar refractivity (Wildman–Crippen MR) is 110 cm³/mol. The SMILES string of the molecule is CCC(C)(C)NC(=O)c1nnn(-c2cccc3c2CCN(CC2CC2)C3)c1C. The summed E-state index contributed by atoms with van der Waals surface area (Å²) in [6, 6.07) is 6.41. The molecule has 1 fully saturated rings. The highest BCUT2D eigenvalue weighted by atomic mass is 16.2. The Morgan fingerprint density at radius 3 is 2.82 bits per heavy atom. The number of amides is 1. The summed E-state index contributed by atoms with van der Waals surface area (Å²) in [5.74, 6) is 0.756. The van der Waals surface area contributed by atoms with E-state index in [1.807, 2.05) is 25.5 Å². The van der Waals surface area contributed by atoms with E-state index >= 15 is 0 Å². The Hall–Kier alpha value is -2.21. The summed E-state index contributed by atoms with van der Waals surface area (Å²) in [5, 5.41) is 11.6. The van der Waals surface area contributed by atoms with Crippen LogP contribution >= 0.6 is 0 Å². The number of nitrogens with zero attached hydrogens (tertiary/aromatic N) is 4. The standard InChI is InChI=1S/C22H31N5O/c1-5-22(3,4)23-21(28)20-15(2)27(25-24-20)19-8-6-7-17-14-26(12-11-18(17)19)13-16-9-10-16/h6-8,16H,5,9-14H2,1-4H3,(H,23,28). The fourth-order valence-electron chi connectivity index (χ4n) is 3.89. The summed E-state index contributed by atoms with van der Waals surface area (Å²) in [4.78, 5) is 15.3. The van der Waals surface area contributed by atoms with Gasteiger partial charge in [-0.15, -0.1) is 5.10 Å². The average Bonchev–Trinajstić information content (AvgIpc) is 3.40. The first-order chi connectivity index (χ1) is 13.4. The van der Waals surface area contributed by atoms with Crippen molar-refractivity contribution in [1.82, 2.24) is 25.2 Å². The van der Waals surface area contributed by atoms with E-state index < -0.39 is 0 Å². The maximum Gasteiger partial charge on any atom is 0.274 e. The number of aromatic nitrogens is 3. The normalized spacial score (nSPS) is 17.4. The van der Waals surface area contributed by atoms with Crippen LogP contribution in [0.25, 0.3) is 5.69 Å². The molecule has 0 unspecified atom stereocenters. The summed E-state index contributed by atoms with van der Waals surface area (Å²) < 4.78 is 1.84. The smallest absolute Gasteiger partial charge is 0.274 e. The number of hydrogen-bond donors (Lipinski definition) is 1. The Morgan fingerprint density at radius 2 is 2.11 bits per heavy atom. The zero-order valence-corrected chi connectivity index (χ0v) is 17.5. The maximum atomic E-state index is 12.7. The Balaban J connectivity index is 1.59. The molecular formula is C22H31N5O. The van der Waals surface area contributed by atoms with Gasteiger partial charge in [-0.2, -0.15) is 0 Å². The van der Waals surface area contributed by atoms with Crippen LogP contribution in [0.15, 0.2) is 18.2 Å². The van der Waals surface area contributed by atoms with Crippen molar-refractivity contribution in [3.63, 3.8) is 0 Å². The minimum Gasteiger partial charge on any atom is -0.346 e. The third-order valence-corrected chi connectivity index (χ3v) is 6.21. The van der Waals surface area contributed by atoms with Crippen LogP contribution in [0.3, 0.4) is 0 Å². The van der Waals surface area contributed by atoms with Crippen LogP contribution in [0.5, 0.6) is 0 Å². The molecule has 0 spiro atoms. The summed E-state index contributed by atoms with van der Waals surface area (Å²) in [5.41, 5.74) is 4.70. The molecule has 1 amide bonds. The summed E-state index contributed by atoms with van der Waals surface area (Å²) >= 11 is 0. The van der Waals surface area contributed by atoms with Gasteiger partial charge in [0.25, 0.3) is 5.91 Å². The van der Waals surface area contributed by atoms with Crippen LogP contribution in [0.1, 0.15) is 67.3 Å². The lowest BCUT2D eigenvalue weighted by Crippen LogP contribution is -2.43. The monoisotopic (exact) mass is 381 g/mol. The van der Waals surface area contributed by atoms with Crippen molar-refractivity contribution in [3.8, 4) is 5.69 Å². The first-order valence-electron chi connectivity index (χ1n) is 10.5. The van der Waals surface area contributed by atoms with Crippen LogP contribution in [0.2, 0.25) is 0 Å². The van der Waals surface area contributed by atoms with Crippen LogP contribution < -0.4 is 5.32 Å². The number of carbonyl (C=O) groups excluding carboxylic acids is 1. The summed E-state index contributed by atoms with van der Waals surface area (Å²) in [7, 11) is 0. The average molecular weight is 382 g/mol. The third-order valence-electron chi connectivity index (χ3n) is 6.21. The van der Waals surface area contributed by atoms with Gasteiger partial charge < -0.3 is 5.32 Å². The second-order valence-electron chi connectivity index (χ2n) is 8.97. The van der Waals surface area contributed by atoms with Gasteiger partial charge in [0, 0.05) is 25.2 Å². The van der Waals surface area contributed by atoms with Gasteiger partial charge in [0.1, 0.15) is 0 Å². The van der Waals surface area contributed by atoms with Crippen molar-refractivity contribution in [2.75, 3.05) is 13.1 Å². The van der Waals surface area contributed by atoms with Gasteiger partial charge in [0.15, 0.2) is 5.69 Å². The Kier molecular flexibility index (Phi) is 5.00. The second-order valence-corrected chi connectivity index (χ2v) is 8.97. The summed E-state index contributed by atoms with van der Waals surface area (Å²) in [6.45, 7) is 11.3. The van der Waals surface area contributed by atoms with E-state index in [-0.39, 0.29) is 11.4 Å². The maximum absolute atomic E-state index is 12.7. The number of fused-ring (bicyclic) bond motifs is 1. The van der Waals surface area contributed by atoms with Crippen molar-refractivity contribution < 1.29 is 4.79 Å².